The van der Waals surface area contributed by atoms with Gasteiger partial charge in [-0.15, -0.1) is 0 Å². The quantitative estimate of drug-likeness (QED) is 0.354. The Kier molecular flexibility index (Phi) is 6.71. The van der Waals surface area contributed by atoms with E-state index < -0.39 is 42.3 Å². The first-order chi connectivity index (χ1) is 16.0. The van der Waals surface area contributed by atoms with Crippen molar-refractivity contribution in [2.24, 2.45) is 0 Å². The Morgan fingerprint density at radius 2 is 1.27 bits per heavy atom. The second-order valence-corrected chi connectivity index (χ2v) is 7.36. The van der Waals surface area contributed by atoms with Crippen LogP contribution in [0, 0.1) is 0 Å². The van der Waals surface area contributed by atoms with E-state index in [2.05, 4.69) is 6.58 Å². The molecule has 2 heterocycles. The number of carbonyl (C=O) groups is 3. The van der Waals surface area contributed by atoms with Gasteiger partial charge in [0.25, 0.3) is 0 Å². The minimum Gasteiger partial charge on any atom is -0.497 e. The molecule has 0 saturated carbocycles. The molecular weight excluding hydrogens is 432 g/mol. The molecule has 2 aliphatic heterocycles. The van der Waals surface area contributed by atoms with Gasteiger partial charge in [-0.3, -0.25) is 0 Å². The van der Waals surface area contributed by atoms with Crippen LogP contribution in [0.25, 0.3) is 0 Å². The van der Waals surface area contributed by atoms with Gasteiger partial charge in [0.15, 0.2) is 12.2 Å². The summed E-state index contributed by atoms with van der Waals surface area (Å²) >= 11 is 0. The predicted molar refractivity (Wildman–Crippen MR) is 113 cm³/mol. The Morgan fingerprint density at radius 3 is 1.70 bits per heavy atom. The van der Waals surface area contributed by atoms with Crippen LogP contribution in [0.3, 0.4) is 0 Å². The van der Waals surface area contributed by atoms with Crippen LogP contribution in [0.2, 0.25) is 0 Å². The second kappa shape index (κ2) is 9.85. The summed E-state index contributed by atoms with van der Waals surface area (Å²) in [5, 5.41) is 0. The van der Waals surface area contributed by atoms with Gasteiger partial charge in [0, 0.05) is 6.08 Å². The zero-order valence-corrected chi connectivity index (χ0v) is 17.8. The van der Waals surface area contributed by atoms with Gasteiger partial charge < -0.3 is 28.4 Å². The van der Waals surface area contributed by atoms with Gasteiger partial charge in [0.2, 0.25) is 0 Å². The third-order valence-corrected chi connectivity index (χ3v) is 5.28. The number of hydrogen-bond acceptors (Lipinski definition) is 9. The fourth-order valence-corrected chi connectivity index (χ4v) is 3.59. The van der Waals surface area contributed by atoms with Crippen molar-refractivity contribution in [3.63, 3.8) is 0 Å². The molecule has 33 heavy (non-hydrogen) atoms. The highest BCUT2D eigenvalue weighted by molar-refractivity contribution is 5.90. The molecule has 2 aromatic carbocycles. The number of carbonyl (C=O) groups excluding carboxylic acids is 3. The van der Waals surface area contributed by atoms with Gasteiger partial charge in [-0.1, -0.05) is 6.58 Å². The highest BCUT2D eigenvalue weighted by Gasteiger charge is 2.51. The summed E-state index contributed by atoms with van der Waals surface area (Å²) in [5.41, 5.74) is 0.653. The van der Waals surface area contributed by atoms with Crippen LogP contribution in [0.15, 0.2) is 61.2 Å². The number of methoxy groups -OCH3 is 1. The molecule has 4 atom stereocenters. The smallest absolute Gasteiger partial charge is 0.338 e. The van der Waals surface area contributed by atoms with Gasteiger partial charge in [-0.2, -0.15) is 0 Å². The molecule has 0 N–H and O–H groups in total. The Bertz CT molecular complexity index is 1030. The summed E-state index contributed by atoms with van der Waals surface area (Å²) in [4.78, 5) is 36.2. The Labute approximate surface area is 189 Å². The molecule has 9 nitrogen and oxygen atoms in total. The number of benzene rings is 2. The first-order valence-electron chi connectivity index (χ1n) is 10.2. The fraction of sp³-hybridized carbons (Fsp3) is 0.292. The fourth-order valence-electron chi connectivity index (χ4n) is 3.59. The topological polar surface area (TPSA) is 107 Å². The summed E-state index contributed by atoms with van der Waals surface area (Å²) in [6.45, 7) is 3.58. The van der Waals surface area contributed by atoms with Crippen LogP contribution < -0.4 is 9.47 Å². The van der Waals surface area contributed by atoms with Gasteiger partial charge in [-0.05, 0) is 48.5 Å². The lowest BCUT2D eigenvalue weighted by Crippen LogP contribution is -2.36. The molecule has 0 radical (unpaired) electrons. The highest BCUT2D eigenvalue weighted by atomic mass is 16.7. The van der Waals surface area contributed by atoms with Crippen molar-refractivity contribution in [3.8, 4) is 11.5 Å². The van der Waals surface area contributed by atoms with E-state index in [4.69, 9.17) is 28.4 Å². The second-order valence-electron chi connectivity index (χ2n) is 7.36. The highest BCUT2D eigenvalue weighted by Crippen LogP contribution is 2.31. The molecule has 0 spiro atoms. The standard InChI is InChI=1S/C24H22O9/c1-3-20(25)31-17-10-6-15(7-11-17)24(27)33-19-13-30-21-18(12-29-22(19)21)32-23(26)14-4-8-16(28-2)9-5-14/h3-11,18-19,21-22H,1,12-13H2,2H3/t18-,19+,21+,22+/m0/s1. The van der Waals surface area contributed by atoms with Gasteiger partial charge >= 0.3 is 17.9 Å². The molecule has 2 saturated heterocycles. The van der Waals surface area contributed by atoms with Crippen molar-refractivity contribution in [3.05, 3.63) is 72.3 Å². The van der Waals surface area contributed by atoms with E-state index >= 15 is 0 Å². The van der Waals surface area contributed by atoms with Crippen molar-refractivity contribution in [2.45, 2.75) is 24.4 Å². The molecular formula is C24H22O9. The average molecular weight is 454 g/mol. The number of fused-ring (bicyclic) bond motifs is 1. The van der Waals surface area contributed by atoms with Crippen LogP contribution in [0.5, 0.6) is 11.5 Å². The summed E-state index contributed by atoms with van der Waals surface area (Å²) in [5.74, 6) is -0.769. The average Bonchev–Trinajstić information content (AvgIpc) is 3.42. The lowest BCUT2D eigenvalue weighted by atomic mass is 10.1. The van der Waals surface area contributed by atoms with Crippen molar-refractivity contribution < 1.29 is 42.8 Å². The lowest BCUT2D eigenvalue weighted by Gasteiger charge is -2.17. The van der Waals surface area contributed by atoms with E-state index in [1.807, 2.05) is 0 Å². The number of rotatable bonds is 7. The third kappa shape index (κ3) is 5.05. The van der Waals surface area contributed by atoms with Crippen molar-refractivity contribution >= 4 is 17.9 Å². The van der Waals surface area contributed by atoms with Gasteiger partial charge in [-0.25, -0.2) is 14.4 Å². The molecule has 2 fully saturated rings. The van der Waals surface area contributed by atoms with Crippen molar-refractivity contribution in [1.82, 2.24) is 0 Å². The molecule has 2 aliphatic rings. The predicted octanol–water partition coefficient (Wildman–Crippen LogP) is 2.34. The van der Waals surface area contributed by atoms with Crippen molar-refractivity contribution in [1.29, 1.82) is 0 Å². The van der Waals surface area contributed by atoms with E-state index in [0.29, 0.717) is 11.3 Å². The maximum atomic E-state index is 12.5. The number of ether oxygens (including phenoxy) is 6. The molecule has 172 valence electrons. The Morgan fingerprint density at radius 1 is 0.818 bits per heavy atom. The largest absolute Gasteiger partial charge is 0.497 e. The normalized spacial score (nSPS) is 23.3. The van der Waals surface area contributed by atoms with Gasteiger partial charge in [0.1, 0.15) is 23.7 Å². The maximum absolute atomic E-state index is 12.5. The first-order valence-corrected chi connectivity index (χ1v) is 10.2. The van der Waals surface area contributed by atoms with E-state index in [-0.39, 0.29) is 24.5 Å². The molecule has 2 aromatic rings. The summed E-state index contributed by atoms with van der Waals surface area (Å²) < 4.78 is 32.6. The monoisotopic (exact) mass is 454 g/mol. The molecule has 0 aromatic heterocycles. The molecule has 0 bridgehead atoms. The maximum Gasteiger partial charge on any atom is 0.338 e. The molecule has 0 aliphatic carbocycles. The molecule has 0 unspecified atom stereocenters. The summed E-state index contributed by atoms with van der Waals surface area (Å²) in [6, 6.07) is 12.5. The van der Waals surface area contributed by atoms with Crippen LogP contribution in [-0.4, -0.2) is 62.6 Å². The van der Waals surface area contributed by atoms with Crippen LogP contribution in [0.4, 0.5) is 0 Å². The van der Waals surface area contributed by atoms with E-state index in [1.165, 1.54) is 24.3 Å². The van der Waals surface area contributed by atoms with E-state index in [9.17, 15) is 14.4 Å². The Balaban J connectivity index is 1.32. The summed E-state index contributed by atoms with van der Waals surface area (Å²) in [6.07, 6.45) is -1.30. The zero-order chi connectivity index (χ0) is 23.4. The molecule has 9 heteroatoms. The number of hydrogen-bond donors (Lipinski definition) is 0. The molecule has 0 amide bonds. The van der Waals surface area contributed by atoms with Gasteiger partial charge in [0.05, 0.1) is 31.5 Å². The van der Waals surface area contributed by atoms with Crippen LogP contribution in [-0.2, 0) is 23.7 Å². The van der Waals surface area contributed by atoms with Crippen LogP contribution in [0.1, 0.15) is 20.7 Å². The van der Waals surface area contributed by atoms with Crippen molar-refractivity contribution in [2.75, 3.05) is 20.3 Å². The van der Waals surface area contributed by atoms with Crippen LogP contribution >= 0.6 is 0 Å². The third-order valence-electron chi connectivity index (χ3n) is 5.28. The van der Waals surface area contributed by atoms with E-state index in [1.54, 1.807) is 31.4 Å². The number of esters is 3. The summed E-state index contributed by atoms with van der Waals surface area (Å²) in [7, 11) is 1.54. The minimum atomic E-state index is -0.648. The Hall–Kier alpha value is -3.69. The van der Waals surface area contributed by atoms with E-state index in [0.717, 1.165) is 6.08 Å². The molecule has 4 rings (SSSR count). The lowest BCUT2D eigenvalue weighted by molar-refractivity contribution is -0.128. The minimum absolute atomic E-state index is 0.118. The SMILES string of the molecule is C=CC(=O)Oc1ccc(C(=O)O[C@@H]2CO[C@H]3[C@@H]2OC[C@@H]3OC(=O)c2ccc(OC)cc2)cc1. The first kappa shape index (κ1) is 22.5. The zero-order valence-electron chi connectivity index (χ0n) is 17.8.